The van der Waals surface area contributed by atoms with Gasteiger partial charge in [-0.15, -0.1) is 0 Å². The topological polar surface area (TPSA) is 70.2 Å². The van der Waals surface area contributed by atoms with Gasteiger partial charge in [0.2, 0.25) is 0 Å². The zero-order valence-corrected chi connectivity index (χ0v) is 13.8. The number of halogens is 1. The van der Waals surface area contributed by atoms with Crippen molar-refractivity contribution in [1.82, 2.24) is 20.2 Å². The normalized spacial score (nSPS) is 17.9. The first-order chi connectivity index (χ1) is 11.6. The van der Waals surface area contributed by atoms with Gasteiger partial charge >= 0.3 is 0 Å². The molecule has 1 aliphatic heterocycles. The van der Waals surface area contributed by atoms with Gasteiger partial charge in [0.15, 0.2) is 0 Å². The minimum Gasteiger partial charge on any atom is -0.496 e. The number of carbonyl (C=O) groups excluding carboxylic acids is 1. The number of ether oxygens (including phenoxy) is 1. The average Bonchev–Trinajstić information content (AvgIpc) is 3.21. The Labute approximate surface area is 140 Å². The maximum Gasteiger partial charge on any atom is 0.255 e. The van der Waals surface area contributed by atoms with Crippen LogP contribution in [0.1, 0.15) is 34.2 Å². The third kappa shape index (κ3) is 3.56. The summed E-state index contributed by atoms with van der Waals surface area (Å²) in [5.74, 6) is 0.834. The van der Waals surface area contributed by atoms with Crippen molar-refractivity contribution in [1.29, 1.82) is 0 Å². The number of aromatic amines is 1. The first-order valence-electron chi connectivity index (χ1n) is 7.91. The Morgan fingerprint density at radius 3 is 3.08 bits per heavy atom. The standard InChI is InChI=1S/C17H21FN4O2/c1-22-6-5-11(10-22)16-19-8-13(21-16)9-20-17(23)14-7-12(18)3-4-15(14)24-2/h3-4,7-8,11H,5-6,9-10H2,1-2H3,(H,19,21)(H,20,23)/t11-/m0/s1. The van der Waals surface area contributed by atoms with E-state index in [1.54, 1.807) is 6.20 Å². The average molecular weight is 332 g/mol. The lowest BCUT2D eigenvalue weighted by Crippen LogP contribution is -2.23. The highest BCUT2D eigenvalue weighted by atomic mass is 19.1. The van der Waals surface area contributed by atoms with Gasteiger partial charge in [-0.05, 0) is 38.2 Å². The molecule has 0 aliphatic carbocycles. The predicted octanol–water partition coefficient (Wildman–Crippen LogP) is 1.91. The van der Waals surface area contributed by atoms with E-state index in [4.69, 9.17) is 4.74 Å². The highest BCUT2D eigenvalue weighted by Crippen LogP contribution is 2.24. The van der Waals surface area contributed by atoms with E-state index in [-0.39, 0.29) is 11.5 Å². The summed E-state index contributed by atoms with van der Waals surface area (Å²) in [7, 11) is 3.54. The number of rotatable bonds is 5. The largest absolute Gasteiger partial charge is 0.496 e. The van der Waals surface area contributed by atoms with Crippen LogP contribution in [0.4, 0.5) is 4.39 Å². The van der Waals surface area contributed by atoms with Crippen molar-refractivity contribution in [2.45, 2.75) is 18.9 Å². The van der Waals surface area contributed by atoms with Gasteiger partial charge in [-0.25, -0.2) is 9.37 Å². The Morgan fingerprint density at radius 1 is 1.54 bits per heavy atom. The van der Waals surface area contributed by atoms with E-state index in [9.17, 15) is 9.18 Å². The summed E-state index contributed by atoms with van der Waals surface area (Å²) in [4.78, 5) is 22.2. The van der Waals surface area contributed by atoms with Gasteiger partial charge in [-0.2, -0.15) is 0 Å². The second-order valence-electron chi connectivity index (χ2n) is 6.07. The van der Waals surface area contributed by atoms with Crippen LogP contribution >= 0.6 is 0 Å². The fourth-order valence-corrected chi connectivity index (χ4v) is 2.96. The van der Waals surface area contributed by atoms with Gasteiger partial charge in [0.1, 0.15) is 17.4 Å². The lowest BCUT2D eigenvalue weighted by atomic mass is 10.1. The van der Waals surface area contributed by atoms with Crippen LogP contribution in [0.5, 0.6) is 5.75 Å². The van der Waals surface area contributed by atoms with E-state index < -0.39 is 5.82 Å². The summed E-state index contributed by atoms with van der Waals surface area (Å²) in [5.41, 5.74) is 0.998. The molecule has 1 aliphatic rings. The Hall–Kier alpha value is -2.41. The van der Waals surface area contributed by atoms with Crippen molar-refractivity contribution < 1.29 is 13.9 Å². The number of H-pyrrole nitrogens is 1. The number of nitrogens with one attached hydrogen (secondary N) is 2. The number of methoxy groups -OCH3 is 1. The molecule has 0 radical (unpaired) electrons. The van der Waals surface area contributed by atoms with E-state index in [0.29, 0.717) is 18.2 Å². The van der Waals surface area contributed by atoms with Crippen LogP contribution in [-0.2, 0) is 6.54 Å². The first-order valence-corrected chi connectivity index (χ1v) is 7.91. The summed E-state index contributed by atoms with van der Waals surface area (Å²) >= 11 is 0. The molecule has 1 amide bonds. The van der Waals surface area contributed by atoms with Crippen LogP contribution in [0.3, 0.4) is 0 Å². The van der Waals surface area contributed by atoms with E-state index in [1.807, 2.05) is 0 Å². The van der Waals surface area contributed by atoms with E-state index >= 15 is 0 Å². The third-order valence-electron chi connectivity index (χ3n) is 4.27. The molecule has 1 aromatic carbocycles. The van der Waals surface area contributed by atoms with Crippen molar-refractivity contribution in [3.05, 3.63) is 47.3 Å². The van der Waals surface area contributed by atoms with Gasteiger partial charge in [0.05, 0.1) is 31.1 Å². The van der Waals surface area contributed by atoms with Crippen molar-refractivity contribution in [2.24, 2.45) is 0 Å². The van der Waals surface area contributed by atoms with E-state index in [2.05, 4.69) is 27.2 Å². The number of carbonyl (C=O) groups is 1. The van der Waals surface area contributed by atoms with E-state index in [0.717, 1.165) is 31.0 Å². The molecule has 1 aromatic heterocycles. The van der Waals surface area contributed by atoms with Crippen molar-refractivity contribution in [3.8, 4) is 5.75 Å². The molecule has 7 heteroatoms. The highest BCUT2D eigenvalue weighted by Gasteiger charge is 2.23. The predicted molar refractivity (Wildman–Crippen MR) is 87.6 cm³/mol. The summed E-state index contributed by atoms with van der Waals surface area (Å²) in [5, 5.41) is 2.76. The lowest BCUT2D eigenvalue weighted by molar-refractivity contribution is 0.0947. The molecule has 0 unspecified atom stereocenters. The van der Waals surface area contributed by atoms with Gasteiger partial charge in [0.25, 0.3) is 5.91 Å². The highest BCUT2D eigenvalue weighted by molar-refractivity contribution is 5.96. The molecule has 128 valence electrons. The maximum atomic E-state index is 13.4. The van der Waals surface area contributed by atoms with E-state index in [1.165, 1.54) is 25.3 Å². The van der Waals surface area contributed by atoms with Crippen molar-refractivity contribution in [2.75, 3.05) is 27.2 Å². The number of amides is 1. The molecule has 1 fully saturated rings. The molecular weight excluding hydrogens is 311 g/mol. The number of likely N-dealkylation sites (tertiary alicyclic amines) is 1. The minimum absolute atomic E-state index is 0.176. The van der Waals surface area contributed by atoms with Crippen molar-refractivity contribution >= 4 is 5.91 Å². The van der Waals surface area contributed by atoms with Crippen LogP contribution in [0.15, 0.2) is 24.4 Å². The molecule has 1 atom stereocenters. The Balaban J connectivity index is 1.63. The van der Waals surface area contributed by atoms with Crippen molar-refractivity contribution in [3.63, 3.8) is 0 Å². The third-order valence-corrected chi connectivity index (χ3v) is 4.27. The van der Waals surface area contributed by atoms with Crippen LogP contribution < -0.4 is 10.1 Å². The molecule has 1 saturated heterocycles. The molecule has 24 heavy (non-hydrogen) atoms. The fourth-order valence-electron chi connectivity index (χ4n) is 2.96. The quantitative estimate of drug-likeness (QED) is 0.877. The van der Waals surface area contributed by atoms with Crippen LogP contribution in [0.25, 0.3) is 0 Å². The van der Waals surface area contributed by atoms with Crippen LogP contribution in [0.2, 0.25) is 0 Å². The number of hydrogen-bond acceptors (Lipinski definition) is 4. The van der Waals surface area contributed by atoms with Gasteiger partial charge < -0.3 is 19.9 Å². The molecule has 3 rings (SSSR count). The summed E-state index contributed by atoms with van der Waals surface area (Å²) in [6, 6.07) is 3.87. The lowest BCUT2D eigenvalue weighted by Gasteiger charge is -2.09. The first kappa shape index (κ1) is 16.4. The molecule has 6 nitrogen and oxygen atoms in total. The summed E-state index contributed by atoms with van der Waals surface area (Å²) in [6.07, 6.45) is 2.81. The maximum absolute atomic E-state index is 13.4. The van der Waals surface area contributed by atoms with Crippen LogP contribution in [0, 0.1) is 5.82 Å². The number of hydrogen-bond donors (Lipinski definition) is 2. The molecular formula is C17H21FN4O2. The SMILES string of the molecule is COc1ccc(F)cc1C(=O)NCc1cnc([C@H]2CCN(C)C2)[nH]1. The molecule has 0 saturated carbocycles. The van der Waals surface area contributed by atoms with Gasteiger partial charge in [-0.3, -0.25) is 4.79 Å². The molecule has 2 aromatic rings. The number of imidazole rings is 1. The monoisotopic (exact) mass is 332 g/mol. The molecule has 2 heterocycles. The second kappa shape index (κ2) is 7.00. The minimum atomic E-state index is -0.477. The van der Waals surface area contributed by atoms with Gasteiger partial charge in [-0.1, -0.05) is 0 Å². The zero-order valence-electron chi connectivity index (χ0n) is 13.8. The Kier molecular flexibility index (Phi) is 4.80. The summed E-state index contributed by atoms with van der Waals surface area (Å²) in [6.45, 7) is 2.35. The number of benzene rings is 1. The molecule has 2 N–H and O–H groups in total. The fraction of sp³-hybridized carbons (Fsp3) is 0.412. The second-order valence-corrected chi connectivity index (χ2v) is 6.07. The smallest absolute Gasteiger partial charge is 0.255 e. The Morgan fingerprint density at radius 2 is 2.38 bits per heavy atom. The number of nitrogens with zero attached hydrogens (tertiary/aromatic N) is 2. The summed E-state index contributed by atoms with van der Waals surface area (Å²) < 4.78 is 18.5. The number of aromatic nitrogens is 2. The Bertz CT molecular complexity index is 731. The molecule has 0 bridgehead atoms. The molecule has 0 spiro atoms. The van der Waals surface area contributed by atoms with Gasteiger partial charge in [0, 0.05) is 12.5 Å². The van der Waals surface area contributed by atoms with Crippen LogP contribution in [-0.4, -0.2) is 48.0 Å². The zero-order chi connectivity index (χ0) is 17.1. The number of likely N-dealkylation sites (N-methyl/N-ethyl adjacent to an activating group) is 1.